The zero-order chi connectivity index (χ0) is 13.5. The van der Waals surface area contributed by atoms with E-state index in [2.05, 4.69) is 23.4 Å². The topological polar surface area (TPSA) is 55.2 Å². The summed E-state index contributed by atoms with van der Waals surface area (Å²) in [5.74, 6) is 0.620. The Bertz CT molecular complexity index is 442. The van der Waals surface area contributed by atoms with Crippen molar-refractivity contribution in [2.75, 3.05) is 6.61 Å². The number of aromatic nitrogens is 2. The van der Waals surface area contributed by atoms with Gasteiger partial charge >= 0.3 is 0 Å². The highest BCUT2D eigenvalue weighted by atomic mass is 32.1. The van der Waals surface area contributed by atoms with Crippen molar-refractivity contribution >= 4 is 11.5 Å². The average molecular weight is 282 g/mol. The Morgan fingerprint density at radius 1 is 1.42 bits per heavy atom. The Hall–Kier alpha value is -0.520. The van der Waals surface area contributed by atoms with Gasteiger partial charge in [0.05, 0.1) is 22.3 Å². The number of ether oxygens (including phenoxy) is 1. The van der Waals surface area contributed by atoms with Crippen molar-refractivity contribution in [2.45, 2.75) is 63.6 Å². The fourth-order valence-corrected chi connectivity index (χ4v) is 4.17. The first-order chi connectivity index (χ1) is 9.11. The van der Waals surface area contributed by atoms with Crippen LogP contribution in [0.5, 0.6) is 0 Å². The van der Waals surface area contributed by atoms with Gasteiger partial charge in [0.15, 0.2) is 0 Å². The second-order valence-corrected chi connectivity index (χ2v) is 7.05. The Morgan fingerprint density at radius 3 is 2.84 bits per heavy atom. The Kier molecular flexibility index (Phi) is 3.62. The van der Waals surface area contributed by atoms with Crippen molar-refractivity contribution in [3.05, 3.63) is 10.6 Å². The number of nitrogens with zero attached hydrogens (tertiary/aromatic N) is 2. The van der Waals surface area contributed by atoms with Gasteiger partial charge in [0.2, 0.25) is 0 Å². The number of hydrogen-bond donors (Lipinski definition) is 1. The molecule has 1 saturated carbocycles. The normalized spacial score (nSPS) is 27.5. The summed E-state index contributed by atoms with van der Waals surface area (Å²) >= 11 is 1.35. The largest absolute Gasteiger partial charge is 0.387 e. The highest BCUT2D eigenvalue weighted by Crippen LogP contribution is 2.47. The van der Waals surface area contributed by atoms with E-state index in [4.69, 9.17) is 4.74 Å². The molecule has 0 radical (unpaired) electrons. The third-order valence-corrected chi connectivity index (χ3v) is 5.41. The van der Waals surface area contributed by atoms with Crippen LogP contribution in [0.25, 0.3) is 0 Å². The number of aliphatic hydroxyl groups is 1. The highest BCUT2D eigenvalue weighted by molar-refractivity contribution is 7.05. The zero-order valence-electron chi connectivity index (χ0n) is 11.6. The van der Waals surface area contributed by atoms with Crippen molar-refractivity contribution in [1.29, 1.82) is 0 Å². The standard InChI is InChI=1S/C14H22N2O2S/c1-9(2)11-13(19-16-15-11)12(17)10-4-7-18-14(8-10)5-3-6-14/h9-10,12,17H,3-8H2,1-2H3. The van der Waals surface area contributed by atoms with Gasteiger partial charge in [0.1, 0.15) is 0 Å². The second kappa shape index (κ2) is 5.11. The number of rotatable bonds is 3. The molecule has 5 heteroatoms. The van der Waals surface area contributed by atoms with E-state index in [0.29, 0.717) is 11.8 Å². The molecule has 2 fully saturated rings. The van der Waals surface area contributed by atoms with Gasteiger partial charge in [-0.25, -0.2) is 0 Å². The summed E-state index contributed by atoms with van der Waals surface area (Å²) in [4.78, 5) is 0.969. The summed E-state index contributed by atoms with van der Waals surface area (Å²) < 4.78 is 9.97. The molecule has 1 N–H and O–H groups in total. The lowest BCUT2D eigenvalue weighted by atomic mass is 9.70. The van der Waals surface area contributed by atoms with Gasteiger partial charge in [-0.1, -0.05) is 18.3 Å². The van der Waals surface area contributed by atoms with E-state index >= 15 is 0 Å². The summed E-state index contributed by atoms with van der Waals surface area (Å²) in [6.07, 6.45) is 5.10. The smallest absolute Gasteiger partial charge is 0.0947 e. The molecule has 1 aromatic heterocycles. The Morgan fingerprint density at radius 2 is 2.21 bits per heavy atom. The molecule has 2 unspecified atom stereocenters. The highest BCUT2D eigenvalue weighted by Gasteiger charge is 2.44. The van der Waals surface area contributed by atoms with E-state index in [1.807, 2.05) is 0 Å². The van der Waals surface area contributed by atoms with Gasteiger partial charge in [-0.3, -0.25) is 0 Å². The van der Waals surface area contributed by atoms with Gasteiger partial charge in [-0.15, -0.1) is 5.10 Å². The van der Waals surface area contributed by atoms with E-state index in [1.165, 1.54) is 18.0 Å². The molecule has 1 aliphatic carbocycles. The van der Waals surface area contributed by atoms with Gasteiger partial charge in [-0.05, 0) is 55.5 Å². The van der Waals surface area contributed by atoms with Crippen LogP contribution in [0.3, 0.4) is 0 Å². The van der Waals surface area contributed by atoms with Crippen LogP contribution < -0.4 is 0 Å². The van der Waals surface area contributed by atoms with E-state index in [-0.39, 0.29) is 5.60 Å². The predicted octanol–water partition coefficient (Wildman–Crippen LogP) is 3.04. The molecule has 4 nitrogen and oxygen atoms in total. The zero-order valence-corrected chi connectivity index (χ0v) is 12.4. The van der Waals surface area contributed by atoms with Crippen LogP contribution in [0.2, 0.25) is 0 Å². The van der Waals surface area contributed by atoms with Crippen LogP contribution >= 0.6 is 11.5 Å². The summed E-state index contributed by atoms with van der Waals surface area (Å²) in [7, 11) is 0. The van der Waals surface area contributed by atoms with Crippen LogP contribution in [0.4, 0.5) is 0 Å². The minimum absolute atomic E-state index is 0.0833. The fraction of sp³-hybridized carbons (Fsp3) is 0.857. The minimum atomic E-state index is -0.418. The number of hydrogen-bond acceptors (Lipinski definition) is 5. The molecule has 0 bridgehead atoms. The van der Waals surface area contributed by atoms with Crippen LogP contribution in [0.15, 0.2) is 0 Å². The van der Waals surface area contributed by atoms with Crippen molar-refractivity contribution in [3.63, 3.8) is 0 Å². The quantitative estimate of drug-likeness (QED) is 0.925. The van der Waals surface area contributed by atoms with Crippen molar-refractivity contribution in [1.82, 2.24) is 9.59 Å². The fourth-order valence-electron chi connectivity index (χ4n) is 3.28. The van der Waals surface area contributed by atoms with Crippen molar-refractivity contribution in [2.24, 2.45) is 5.92 Å². The molecule has 2 heterocycles. The van der Waals surface area contributed by atoms with Crippen LogP contribution in [0.1, 0.15) is 68.5 Å². The molecule has 19 heavy (non-hydrogen) atoms. The molecule has 106 valence electrons. The van der Waals surface area contributed by atoms with Crippen molar-refractivity contribution in [3.8, 4) is 0 Å². The molecule has 2 aliphatic rings. The van der Waals surface area contributed by atoms with Gasteiger partial charge in [0, 0.05) is 6.61 Å². The lowest BCUT2D eigenvalue weighted by Crippen LogP contribution is -2.46. The van der Waals surface area contributed by atoms with Gasteiger partial charge in [-0.2, -0.15) is 0 Å². The molecule has 0 aromatic carbocycles. The third kappa shape index (κ3) is 2.43. The molecule has 0 amide bonds. The van der Waals surface area contributed by atoms with Gasteiger partial charge < -0.3 is 9.84 Å². The SMILES string of the molecule is CC(C)c1nnsc1C(O)C1CCOC2(CCC2)C1. The maximum atomic E-state index is 10.7. The molecule has 1 saturated heterocycles. The molecular weight excluding hydrogens is 260 g/mol. The Balaban J connectivity index is 1.75. The van der Waals surface area contributed by atoms with Gasteiger partial charge in [0.25, 0.3) is 0 Å². The predicted molar refractivity (Wildman–Crippen MR) is 74.2 cm³/mol. The summed E-state index contributed by atoms with van der Waals surface area (Å²) in [5, 5.41) is 14.9. The maximum absolute atomic E-state index is 10.7. The van der Waals surface area contributed by atoms with Crippen LogP contribution in [0, 0.1) is 5.92 Å². The molecule has 2 atom stereocenters. The summed E-state index contributed by atoms with van der Waals surface area (Å²) in [5.41, 5.74) is 1.05. The molecule has 1 aliphatic heterocycles. The first-order valence-electron chi connectivity index (χ1n) is 7.25. The summed E-state index contributed by atoms with van der Waals surface area (Å²) in [6.45, 7) is 4.99. The maximum Gasteiger partial charge on any atom is 0.0947 e. The van der Waals surface area contributed by atoms with Crippen molar-refractivity contribution < 1.29 is 9.84 Å². The monoisotopic (exact) mass is 282 g/mol. The number of aliphatic hydroxyl groups excluding tert-OH is 1. The first-order valence-corrected chi connectivity index (χ1v) is 8.03. The lowest BCUT2D eigenvalue weighted by Gasteiger charge is -2.48. The van der Waals surface area contributed by atoms with Crippen LogP contribution in [-0.2, 0) is 4.74 Å². The lowest BCUT2D eigenvalue weighted by molar-refractivity contribution is -0.157. The van der Waals surface area contributed by atoms with E-state index in [9.17, 15) is 5.11 Å². The second-order valence-electron chi connectivity index (χ2n) is 6.26. The molecular formula is C14H22N2O2S. The first kappa shape index (κ1) is 13.5. The van der Waals surface area contributed by atoms with E-state index in [1.54, 1.807) is 0 Å². The minimum Gasteiger partial charge on any atom is -0.387 e. The summed E-state index contributed by atoms with van der Waals surface area (Å²) in [6, 6.07) is 0. The van der Waals surface area contributed by atoms with E-state index in [0.717, 1.165) is 42.9 Å². The average Bonchev–Trinajstić information content (AvgIpc) is 2.85. The third-order valence-electron chi connectivity index (χ3n) is 4.60. The molecule has 3 rings (SSSR count). The van der Waals surface area contributed by atoms with Crippen LogP contribution in [-0.4, -0.2) is 26.9 Å². The molecule has 1 aromatic rings. The Labute approximate surface area is 118 Å². The van der Waals surface area contributed by atoms with E-state index < -0.39 is 6.10 Å². The molecule has 1 spiro atoms.